The van der Waals surface area contributed by atoms with Crippen molar-refractivity contribution < 1.29 is 14.3 Å². The van der Waals surface area contributed by atoms with E-state index in [4.69, 9.17) is 15.2 Å². The number of aryl methyl sites for hydroxylation is 1. The number of esters is 1. The molecule has 0 radical (unpaired) electrons. The Kier molecular flexibility index (Phi) is 6.71. The summed E-state index contributed by atoms with van der Waals surface area (Å²) in [6, 6.07) is 13.2. The van der Waals surface area contributed by atoms with Gasteiger partial charge in [-0.1, -0.05) is 12.1 Å². The van der Waals surface area contributed by atoms with Crippen LogP contribution in [-0.4, -0.2) is 59.8 Å². The minimum Gasteiger partial charge on any atom is -0.495 e. The quantitative estimate of drug-likeness (QED) is 0.368. The maximum absolute atomic E-state index is 12.1. The summed E-state index contributed by atoms with van der Waals surface area (Å²) >= 11 is 0. The lowest BCUT2D eigenvalue weighted by Crippen LogP contribution is -2.29. The van der Waals surface area contributed by atoms with Crippen molar-refractivity contribution in [1.29, 1.82) is 0 Å². The lowest BCUT2D eigenvalue weighted by molar-refractivity contribution is 0.0602. The van der Waals surface area contributed by atoms with Gasteiger partial charge in [-0.2, -0.15) is 4.98 Å². The summed E-state index contributed by atoms with van der Waals surface area (Å²) in [7, 11) is 5.22. The van der Waals surface area contributed by atoms with Crippen LogP contribution < -0.4 is 15.8 Å². The number of hydrogen-bond donors (Lipinski definition) is 2. The van der Waals surface area contributed by atoms with E-state index in [-0.39, 0.29) is 0 Å². The van der Waals surface area contributed by atoms with Crippen molar-refractivity contribution in [3.8, 4) is 11.4 Å². The molecule has 1 saturated heterocycles. The number of likely N-dealkylation sites (tertiary alicyclic amines) is 1. The average molecular weight is 501 g/mol. The lowest BCUT2D eigenvalue weighted by Gasteiger charge is -2.30. The highest BCUT2D eigenvalue weighted by Crippen LogP contribution is 2.37. The van der Waals surface area contributed by atoms with Crippen LogP contribution in [0.15, 0.2) is 48.7 Å². The van der Waals surface area contributed by atoms with Gasteiger partial charge in [0.2, 0.25) is 5.95 Å². The molecule has 3 N–H and O–H groups in total. The number of anilines is 3. The molecule has 1 aliphatic heterocycles. The number of rotatable bonds is 6. The van der Waals surface area contributed by atoms with Crippen molar-refractivity contribution in [2.24, 2.45) is 0 Å². The number of ether oxygens (including phenoxy) is 2. The Morgan fingerprint density at radius 1 is 1.11 bits per heavy atom. The molecule has 0 atom stereocenters. The molecule has 37 heavy (non-hydrogen) atoms. The summed E-state index contributed by atoms with van der Waals surface area (Å²) in [5.74, 6) is 1.46. The Labute approximate surface area is 216 Å². The maximum atomic E-state index is 12.1. The number of fused-ring (bicyclic) bond motifs is 1. The predicted molar refractivity (Wildman–Crippen MR) is 145 cm³/mol. The largest absolute Gasteiger partial charge is 0.495 e. The van der Waals surface area contributed by atoms with Crippen molar-refractivity contribution in [3.63, 3.8) is 0 Å². The van der Waals surface area contributed by atoms with E-state index in [0.717, 1.165) is 37.4 Å². The standard InChI is InChI=1S/C28H32N6O3/c1-17-15-23(24(36-3)16-20(17)18-9-12-33(2)13-10-18)34-14-11-22-25(34)26(29)32-28(31-22)30-21-8-6-5-7-19(21)27(35)37-4/h5-8,11,14-16,18H,9-10,12-13H2,1-4H3,(H3,29,30,31,32). The average Bonchev–Trinajstić information content (AvgIpc) is 3.33. The van der Waals surface area contributed by atoms with Crippen LogP contribution in [-0.2, 0) is 4.74 Å². The summed E-state index contributed by atoms with van der Waals surface area (Å²) in [5.41, 5.74) is 12.2. The smallest absolute Gasteiger partial charge is 0.339 e. The van der Waals surface area contributed by atoms with E-state index < -0.39 is 5.97 Å². The van der Waals surface area contributed by atoms with Crippen molar-refractivity contribution in [3.05, 3.63) is 65.4 Å². The number of nitrogens with one attached hydrogen (secondary N) is 1. The summed E-state index contributed by atoms with van der Waals surface area (Å²) in [6.07, 6.45) is 4.21. The van der Waals surface area contributed by atoms with Crippen LogP contribution >= 0.6 is 0 Å². The molecule has 5 rings (SSSR count). The third-order valence-corrected chi connectivity index (χ3v) is 7.12. The van der Waals surface area contributed by atoms with Crippen molar-refractivity contribution >= 4 is 34.5 Å². The van der Waals surface area contributed by atoms with Gasteiger partial charge in [0.15, 0.2) is 5.82 Å². The van der Waals surface area contributed by atoms with Gasteiger partial charge < -0.3 is 30.0 Å². The number of piperidine rings is 1. The highest BCUT2D eigenvalue weighted by Gasteiger charge is 2.23. The zero-order chi connectivity index (χ0) is 26.1. The van der Waals surface area contributed by atoms with Gasteiger partial charge in [-0.25, -0.2) is 9.78 Å². The molecule has 1 aliphatic rings. The number of methoxy groups -OCH3 is 2. The second kappa shape index (κ2) is 10.1. The number of aromatic nitrogens is 3. The van der Waals surface area contributed by atoms with Gasteiger partial charge in [0.25, 0.3) is 0 Å². The van der Waals surface area contributed by atoms with Gasteiger partial charge in [0, 0.05) is 6.20 Å². The minimum absolute atomic E-state index is 0.292. The van der Waals surface area contributed by atoms with Crippen LogP contribution in [0.25, 0.3) is 16.7 Å². The number of hydrogen-bond acceptors (Lipinski definition) is 8. The summed E-state index contributed by atoms with van der Waals surface area (Å²) < 4.78 is 12.7. The van der Waals surface area contributed by atoms with E-state index >= 15 is 0 Å². The molecule has 0 saturated carbocycles. The van der Waals surface area contributed by atoms with E-state index in [1.165, 1.54) is 18.2 Å². The second-order valence-electron chi connectivity index (χ2n) is 9.47. The van der Waals surface area contributed by atoms with Gasteiger partial charge in [0.1, 0.15) is 11.3 Å². The number of nitrogens with two attached hydrogens (primary N) is 1. The number of para-hydroxylation sites is 1. The van der Waals surface area contributed by atoms with Crippen LogP contribution in [0.3, 0.4) is 0 Å². The van der Waals surface area contributed by atoms with E-state index in [0.29, 0.717) is 40.0 Å². The number of benzene rings is 2. The zero-order valence-corrected chi connectivity index (χ0v) is 21.6. The number of carbonyl (C=O) groups excluding carboxylic acids is 1. The second-order valence-corrected chi connectivity index (χ2v) is 9.47. The first-order valence-electron chi connectivity index (χ1n) is 12.4. The van der Waals surface area contributed by atoms with E-state index in [2.05, 4.69) is 46.3 Å². The summed E-state index contributed by atoms with van der Waals surface area (Å²) in [4.78, 5) is 23.7. The molecule has 1 fully saturated rings. The monoisotopic (exact) mass is 500 g/mol. The fourth-order valence-corrected chi connectivity index (χ4v) is 5.13. The normalized spacial score (nSPS) is 14.6. The van der Waals surface area contributed by atoms with Gasteiger partial charge >= 0.3 is 5.97 Å². The summed E-state index contributed by atoms with van der Waals surface area (Å²) in [5, 5.41) is 3.11. The molecular formula is C28H32N6O3. The van der Waals surface area contributed by atoms with Gasteiger partial charge in [-0.05, 0) is 87.3 Å². The molecule has 3 heterocycles. The minimum atomic E-state index is -0.450. The highest BCUT2D eigenvalue weighted by atomic mass is 16.5. The molecule has 0 aliphatic carbocycles. The molecule has 192 valence electrons. The Morgan fingerprint density at radius 2 is 1.86 bits per heavy atom. The molecule has 4 aromatic rings. The van der Waals surface area contributed by atoms with Crippen LogP contribution in [0.2, 0.25) is 0 Å². The number of nitrogens with zero attached hydrogens (tertiary/aromatic N) is 4. The fraction of sp³-hybridized carbons (Fsp3) is 0.321. The topological polar surface area (TPSA) is 108 Å². The molecule has 9 heteroatoms. The van der Waals surface area contributed by atoms with Crippen molar-refractivity contribution in [1.82, 2.24) is 19.4 Å². The van der Waals surface area contributed by atoms with Crippen LogP contribution in [0.1, 0.15) is 40.2 Å². The molecule has 0 unspecified atom stereocenters. The first kappa shape index (κ1) is 24.6. The molecule has 0 bridgehead atoms. The molecule has 9 nitrogen and oxygen atoms in total. The highest BCUT2D eigenvalue weighted by molar-refractivity contribution is 5.96. The Hall–Kier alpha value is -4.11. The third-order valence-electron chi connectivity index (χ3n) is 7.12. The van der Waals surface area contributed by atoms with E-state index in [9.17, 15) is 4.79 Å². The van der Waals surface area contributed by atoms with Crippen molar-refractivity contribution in [2.45, 2.75) is 25.7 Å². The first-order valence-corrected chi connectivity index (χ1v) is 12.4. The van der Waals surface area contributed by atoms with E-state index in [1.807, 2.05) is 22.9 Å². The van der Waals surface area contributed by atoms with Gasteiger partial charge in [-0.3, -0.25) is 0 Å². The van der Waals surface area contributed by atoms with E-state index in [1.54, 1.807) is 25.3 Å². The predicted octanol–water partition coefficient (Wildman–Crippen LogP) is 4.66. The Balaban J connectivity index is 1.51. The van der Waals surface area contributed by atoms with Gasteiger partial charge in [-0.15, -0.1) is 0 Å². The van der Waals surface area contributed by atoms with Gasteiger partial charge in [0.05, 0.1) is 36.7 Å². The molecular weight excluding hydrogens is 468 g/mol. The van der Waals surface area contributed by atoms with Crippen LogP contribution in [0.5, 0.6) is 5.75 Å². The SMILES string of the molecule is COC(=O)c1ccccc1Nc1nc(N)c2c(ccn2-c2cc(C)c(C3CCN(C)CC3)cc2OC)n1. The van der Waals surface area contributed by atoms with Crippen LogP contribution in [0, 0.1) is 6.92 Å². The van der Waals surface area contributed by atoms with Crippen LogP contribution in [0.4, 0.5) is 17.5 Å². The lowest BCUT2D eigenvalue weighted by atomic mass is 9.86. The number of carbonyl (C=O) groups is 1. The first-order chi connectivity index (χ1) is 17.9. The zero-order valence-electron chi connectivity index (χ0n) is 21.6. The Morgan fingerprint density at radius 3 is 2.59 bits per heavy atom. The fourth-order valence-electron chi connectivity index (χ4n) is 5.13. The molecule has 0 amide bonds. The molecule has 2 aromatic carbocycles. The Bertz CT molecular complexity index is 1460. The molecule has 2 aromatic heterocycles. The maximum Gasteiger partial charge on any atom is 0.339 e. The third kappa shape index (κ3) is 4.70. The van der Waals surface area contributed by atoms with Crippen molar-refractivity contribution in [2.75, 3.05) is 45.4 Å². The number of nitrogen functional groups attached to an aromatic ring is 1. The summed E-state index contributed by atoms with van der Waals surface area (Å²) in [6.45, 7) is 4.36. The molecule has 0 spiro atoms.